The monoisotopic (exact) mass is 235 g/mol. The van der Waals surface area contributed by atoms with E-state index in [2.05, 4.69) is 9.97 Å². The normalized spacial score (nSPS) is 10.9. The van der Waals surface area contributed by atoms with Crippen molar-refractivity contribution in [2.75, 3.05) is 0 Å². The van der Waals surface area contributed by atoms with E-state index in [-0.39, 0.29) is 0 Å². The van der Waals surface area contributed by atoms with Gasteiger partial charge < -0.3 is 5.21 Å². The SMILES string of the molecule is [O-][n+]1ccc2sc(-c3cncs3)nc2c1. The molecule has 6 heteroatoms. The van der Waals surface area contributed by atoms with Crippen LogP contribution in [0.5, 0.6) is 0 Å². The number of rotatable bonds is 1. The van der Waals surface area contributed by atoms with Gasteiger partial charge in [-0.25, -0.2) is 4.98 Å². The summed E-state index contributed by atoms with van der Waals surface area (Å²) in [5, 5.41) is 12.0. The number of pyridine rings is 1. The van der Waals surface area contributed by atoms with Crippen LogP contribution in [0.4, 0.5) is 0 Å². The quantitative estimate of drug-likeness (QED) is 0.479. The van der Waals surface area contributed by atoms with Gasteiger partial charge in [-0.3, -0.25) is 4.98 Å². The van der Waals surface area contributed by atoms with Gasteiger partial charge in [0.1, 0.15) is 10.5 Å². The number of hydrogen-bond donors (Lipinski definition) is 0. The summed E-state index contributed by atoms with van der Waals surface area (Å²) in [5.74, 6) is 0. The molecule has 74 valence electrons. The van der Waals surface area contributed by atoms with Gasteiger partial charge in [-0.15, -0.1) is 22.7 Å². The third kappa shape index (κ3) is 1.47. The first-order valence-corrected chi connectivity index (χ1v) is 5.91. The van der Waals surface area contributed by atoms with Crippen molar-refractivity contribution in [2.24, 2.45) is 0 Å². The predicted octanol–water partition coefficient (Wildman–Crippen LogP) is 2.05. The van der Waals surface area contributed by atoms with Crippen molar-refractivity contribution in [3.05, 3.63) is 35.4 Å². The molecule has 3 heterocycles. The molecule has 0 amide bonds. The van der Waals surface area contributed by atoms with Crippen LogP contribution in [0.25, 0.3) is 20.1 Å². The Kier molecular flexibility index (Phi) is 1.90. The van der Waals surface area contributed by atoms with E-state index >= 15 is 0 Å². The molecule has 4 nitrogen and oxygen atoms in total. The van der Waals surface area contributed by atoms with Gasteiger partial charge in [0, 0.05) is 12.3 Å². The van der Waals surface area contributed by atoms with Gasteiger partial charge in [-0.1, -0.05) is 0 Å². The van der Waals surface area contributed by atoms with E-state index in [1.807, 2.05) is 0 Å². The maximum absolute atomic E-state index is 11.1. The molecule has 0 saturated heterocycles. The number of thiazole rings is 2. The minimum absolute atomic E-state index is 0.737. The van der Waals surface area contributed by atoms with Gasteiger partial charge in [-0.2, -0.15) is 4.73 Å². The van der Waals surface area contributed by atoms with Crippen LogP contribution in [-0.2, 0) is 0 Å². The molecule has 3 aromatic rings. The highest BCUT2D eigenvalue weighted by Crippen LogP contribution is 2.31. The van der Waals surface area contributed by atoms with Gasteiger partial charge in [0.25, 0.3) is 0 Å². The fourth-order valence-electron chi connectivity index (χ4n) is 1.29. The van der Waals surface area contributed by atoms with Gasteiger partial charge in [0.15, 0.2) is 6.20 Å². The molecule has 0 saturated carbocycles. The second-order valence-corrected chi connectivity index (χ2v) is 4.86. The van der Waals surface area contributed by atoms with E-state index in [9.17, 15) is 5.21 Å². The lowest BCUT2D eigenvalue weighted by atomic mass is 10.4. The van der Waals surface area contributed by atoms with E-state index in [1.165, 1.54) is 12.4 Å². The number of fused-ring (bicyclic) bond motifs is 1. The first-order valence-electron chi connectivity index (χ1n) is 4.21. The Morgan fingerprint density at radius 1 is 1.40 bits per heavy atom. The summed E-state index contributed by atoms with van der Waals surface area (Å²) in [6, 6.07) is 1.78. The molecule has 0 aromatic carbocycles. The summed E-state index contributed by atoms with van der Waals surface area (Å²) in [4.78, 5) is 9.42. The Bertz CT molecular complexity index is 603. The van der Waals surface area contributed by atoms with Gasteiger partial charge in [0.05, 0.1) is 15.1 Å². The standard InChI is InChI=1S/C9H5N3OS2/c13-12-2-1-7-6(4-12)11-9(15-7)8-3-10-5-14-8/h1-5H. The molecular formula is C9H5N3OS2. The summed E-state index contributed by atoms with van der Waals surface area (Å²) < 4.78 is 1.78. The first kappa shape index (κ1) is 8.75. The summed E-state index contributed by atoms with van der Waals surface area (Å²) in [6.45, 7) is 0. The zero-order chi connectivity index (χ0) is 10.3. The Morgan fingerprint density at radius 2 is 2.33 bits per heavy atom. The molecule has 0 aliphatic heterocycles. The van der Waals surface area contributed by atoms with Crippen LogP contribution >= 0.6 is 22.7 Å². The third-order valence-corrected chi connectivity index (χ3v) is 3.93. The minimum Gasteiger partial charge on any atom is -0.619 e. The maximum atomic E-state index is 11.1. The van der Waals surface area contributed by atoms with Crippen LogP contribution in [0.15, 0.2) is 30.2 Å². The summed E-state index contributed by atoms with van der Waals surface area (Å²) in [5.41, 5.74) is 2.51. The van der Waals surface area contributed by atoms with Crippen LogP contribution < -0.4 is 4.73 Å². The van der Waals surface area contributed by atoms with Crippen LogP contribution in [-0.4, -0.2) is 9.97 Å². The fraction of sp³-hybridized carbons (Fsp3) is 0. The highest BCUT2D eigenvalue weighted by molar-refractivity contribution is 7.25. The van der Waals surface area contributed by atoms with Gasteiger partial charge in [0.2, 0.25) is 6.20 Å². The molecule has 0 atom stereocenters. The van der Waals surface area contributed by atoms with Crippen molar-refractivity contribution < 1.29 is 4.73 Å². The van der Waals surface area contributed by atoms with Crippen LogP contribution in [0.1, 0.15) is 0 Å². The zero-order valence-electron chi connectivity index (χ0n) is 7.45. The highest BCUT2D eigenvalue weighted by Gasteiger charge is 2.09. The average Bonchev–Trinajstić information content (AvgIpc) is 2.84. The topological polar surface area (TPSA) is 52.7 Å². The molecule has 15 heavy (non-hydrogen) atoms. The lowest BCUT2D eigenvalue weighted by Crippen LogP contribution is -2.23. The third-order valence-electron chi connectivity index (χ3n) is 1.95. The Balaban J connectivity index is 2.22. The van der Waals surface area contributed by atoms with Crippen LogP contribution in [0, 0.1) is 5.21 Å². The first-order chi connectivity index (χ1) is 7.33. The Hall–Kier alpha value is -1.53. The minimum atomic E-state index is 0.737. The lowest BCUT2D eigenvalue weighted by Gasteiger charge is -1.91. The second kappa shape index (κ2) is 3.25. The van der Waals surface area contributed by atoms with E-state index in [4.69, 9.17) is 0 Å². The van der Waals surface area contributed by atoms with Crippen molar-refractivity contribution >= 4 is 32.9 Å². The summed E-state index contributed by atoms with van der Waals surface area (Å²) in [6.07, 6.45) is 4.75. The van der Waals surface area contributed by atoms with Crippen LogP contribution in [0.3, 0.4) is 0 Å². The molecule has 0 bridgehead atoms. The molecule has 3 aromatic heterocycles. The largest absolute Gasteiger partial charge is 0.619 e. The summed E-state index contributed by atoms with van der Waals surface area (Å²) in [7, 11) is 0. The molecule has 0 aliphatic rings. The highest BCUT2D eigenvalue weighted by atomic mass is 32.1. The predicted molar refractivity (Wildman–Crippen MR) is 59.7 cm³/mol. The smallest absolute Gasteiger partial charge is 0.207 e. The zero-order valence-corrected chi connectivity index (χ0v) is 9.09. The van der Waals surface area contributed by atoms with Gasteiger partial charge >= 0.3 is 0 Å². The number of hydrogen-bond acceptors (Lipinski definition) is 5. The van der Waals surface area contributed by atoms with E-state index < -0.39 is 0 Å². The number of nitrogens with zero attached hydrogens (tertiary/aromatic N) is 3. The van der Waals surface area contributed by atoms with Crippen molar-refractivity contribution in [1.82, 2.24) is 9.97 Å². The maximum Gasteiger partial charge on any atom is 0.207 e. The molecule has 0 radical (unpaired) electrons. The molecule has 0 fully saturated rings. The van der Waals surface area contributed by atoms with Gasteiger partial charge in [-0.05, 0) is 0 Å². The molecule has 3 rings (SSSR count). The Morgan fingerprint density at radius 3 is 3.13 bits per heavy atom. The Labute approximate surface area is 93.1 Å². The van der Waals surface area contributed by atoms with E-state index in [1.54, 1.807) is 40.4 Å². The van der Waals surface area contributed by atoms with Crippen molar-refractivity contribution in [1.29, 1.82) is 0 Å². The molecule has 0 aliphatic carbocycles. The molecule has 0 N–H and O–H groups in total. The van der Waals surface area contributed by atoms with Crippen molar-refractivity contribution in [3.8, 4) is 9.88 Å². The van der Waals surface area contributed by atoms with Crippen molar-refractivity contribution in [2.45, 2.75) is 0 Å². The average molecular weight is 235 g/mol. The molecular weight excluding hydrogens is 230 g/mol. The molecule has 0 unspecified atom stereocenters. The molecule has 0 spiro atoms. The van der Waals surface area contributed by atoms with E-state index in [0.29, 0.717) is 0 Å². The lowest BCUT2D eigenvalue weighted by molar-refractivity contribution is -0.603. The number of aromatic nitrogens is 3. The van der Waals surface area contributed by atoms with Crippen LogP contribution in [0.2, 0.25) is 0 Å². The fourth-order valence-corrected chi connectivity index (χ4v) is 2.90. The summed E-state index contributed by atoms with van der Waals surface area (Å²) >= 11 is 3.12. The van der Waals surface area contributed by atoms with Crippen molar-refractivity contribution in [3.63, 3.8) is 0 Å². The van der Waals surface area contributed by atoms with E-state index in [0.717, 1.165) is 24.8 Å². The second-order valence-electron chi connectivity index (χ2n) is 2.94.